The third kappa shape index (κ3) is 3.71. The van der Waals surface area contributed by atoms with Gasteiger partial charge in [-0.1, -0.05) is 36.4 Å². The van der Waals surface area contributed by atoms with Crippen molar-refractivity contribution in [2.24, 2.45) is 0 Å². The first-order chi connectivity index (χ1) is 9.49. The molecule has 0 amide bonds. The van der Waals surface area contributed by atoms with Gasteiger partial charge >= 0.3 is 0 Å². The topological polar surface area (TPSA) is 43.4 Å². The number of methoxy groups -OCH3 is 1. The minimum absolute atomic E-state index is 0.332. The second kappa shape index (κ2) is 5.92. The molecule has 0 aliphatic rings. The summed E-state index contributed by atoms with van der Waals surface area (Å²) in [5, 5.41) is 0. The highest BCUT2D eigenvalue weighted by atomic mass is 32.2. The Kier molecular flexibility index (Phi) is 4.25. The quantitative estimate of drug-likeness (QED) is 0.811. The van der Waals surface area contributed by atoms with Crippen molar-refractivity contribution in [3.8, 4) is 5.75 Å². The minimum Gasteiger partial charge on any atom is -0.497 e. The van der Waals surface area contributed by atoms with E-state index >= 15 is 0 Å². The van der Waals surface area contributed by atoms with Crippen molar-refractivity contribution in [3.05, 3.63) is 59.7 Å². The van der Waals surface area contributed by atoms with Gasteiger partial charge in [0, 0.05) is 6.26 Å². The highest BCUT2D eigenvalue weighted by molar-refractivity contribution is 7.90. The van der Waals surface area contributed by atoms with Crippen LogP contribution >= 0.6 is 0 Å². The number of benzene rings is 2. The summed E-state index contributed by atoms with van der Waals surface area (Å²) in [5.74, 6) is 0.819. The van der Waals surface area contributed by atoms with Crippen molar-refractivity contribution >= 4 is 22.0 Å². The molecule has 0 spiro atoms. The summed E-state index contributed by atoms with van der Waals surface area (Å²) < 4.78 is 27.8. The lowest BCUT2D eigenvalue weighted by Crippen LogP contribution is -1.95. The largest absolute Gasteiger partial charge is 0.497 e. The van der Waals surface area contributed by atoms with E-state index in [9.17, 15) is 8.42 Å². The highest BCUT2D eigenvalue weighted by Gasteiger charge is 2.04. The van der Waals surface area contributed by atoms with Crippen LogP contribution in [0.3, 0.4) is 0 Å². The molecule has 0 aromatic heterocycles. The molecule has 0 N–H and O–H groups in total. The van der Waals surface area contributed by atoms with Gasteiger partial charge in [-0.2, -0.15) is 0 Å². The van der Waals surface area contributed by atoms with Crippen LogP contribution in [0.25, 0.3) is 12.2 Å². The van der Waals surface area contributed by atoms with E-state index in [1.54, 1.807) is 31.4 Å². The summed E-state index contributed by atoms with van der Waals surface area (Å²) in [6.07, 6.45) is 5.11. The van der Waals surface area contributed by atoms with E-state index in [0.29, 0.717) is 4.90 Å². The van der Waals surface area contributed by atoms with Gasteiger partial charge in [-0.3, -0.25) is 0 Å². The first kappa shape index (κ1) is 14.3. The van der Waals surface area contributed by atoms with Crippen LogP contribution in [0.2, 0.25) is 0 Å². The molecule has 0 bridgehead atoms. The molecule has 0 radical (unpaired) electrons. The number of rotatable bonds is 4. The zero-order chi connectivity index (χ0) is 14.6. The van der Waals surface area contributed by atoms with Crippen LogP contribution in [0.15, 0.2) is 53.4 Å². The van der Waals surface area contributed by atoms with Crippen molar-refractivity contribution in [1.82, 2.24) is 0 Å². The van der Waals surface area contributed by atoms with Crippen molar-refractivity contribution < 1.29 is 13.2 Å². The average Bonchev–Trinajstić information content (AvgIpc) is 2.45. The number of hydrogen-bond acceptors (Lipinski definition) is 3. The predicted octanol–water partition coefficient (Wildman–Crippen LogP) is 3.27. The van der Waals surface area contributed by atoms with E-state index in [0.717, 1.165) is 16.9 Å². The van der Waals surface area contributed by atoms with Crippen LogP contribution in [-0.4, -0.2) is 21.8 Å². The Labute approximate surface area is 119 Å². The SMILES string of the molecule is COc1ccc(/C=C/c2ccc(S(C)(=O)=O)cc2)cc1. The molecule has 0 saturated heterocycles. The van der Waals surface area contributed by atoms with E-state index in [4.69, 9.17) is 4.74 Å². The summed E-state index contributed by atoms with van der Waals surface area (Å²) in [5.41, 5.74) is 2.01. The second-order valence-corrected chi connectivity index (χ2v) is 6.46. The molecule has 4 heteroatoms. The molecule has 2 aromatic carbocycles. The second-order valence-electron chi connectivity index (χ2n) is 4.45. The average molecular weight is 288 g/mol. The molecule has 0 heterocycles. The molecule has 2 aromatic rings. The lowest BCUT2D eigenvalue weighted by Gasteiger charge is -2.00. The van der Waals surface area contributed by atoms with Crippen LogP contribution in [-0.2, 0) is 9.84 Å². The molecule has 20 heavy (non-hydrogen) atoms. The molecule has 0 fully saturated rings. The fourth-order valence-electron chi connectivity index (χ4n) is 1.73. The Balaban J connectivity index is 2.14. The van der Waals surface area contributed by atoms with Gasteiger partial charge in [0.25, 0.3) is 0 Å². The number of ether oxygens (including phenoxy) is 1. The van der Waals surface area contributed by atoms with Gasteiger partial charge in [-0.15, -0.1) is 0 Å². The van der Waals surface area contributed by atoms with Gasteiger partial charge in [0.15, 0.2) is 9.84 Å². The minimum atomic E-state index is -3.13. The van der Waals surface area contributed by atoms with Crippen LogP contribution < -0.4 is 4.74 Å². The van der Waals surface area contributed by atoms with Crippen LogP contribution in [0.4, 0.5) is 0 Å². The first-order valence-electron chi connectivity index (χ1n) is 6.11. The summed E-state index contributed by atoms with van der Waals surface area (Å²) in [7, 11) is -1.50. The summed E-state index contributed by atoms with van der Waals surface area (Å²) in [4.78, 5) is 0.332. The molecule has 0 aliphatic heterocycles. The Bertz CT molecular complexity index is 696. The third-order valence-corrected chi connectivity index (χ3v) is 4.02. The van der Waals surface area contributed by atoms with E-state index in [-0.39, 0.29) is 0 Å². The fourth-order valence-corrected chi connectivity index (χ4v) is 2.36. The van der Waals surface area contributed by atoms with Crippen molar-refractivity contribution in [1.29, 1.82) is 0 Å². The molecule has 0 aliphatic carbocycles. The summed E-state index contributed by atoms with van der Waals surface area (Å²) >= 11 is 0. The lowest BCUT2D eigenvalue weighted by molar-refractivity contribution is 0.415. The Morgan fingerprint density at radius 3 is 1.70 bits per heavy atom. The molecular weight excluding hydrogens is 272 g/mol. The van der Waals surface area contributed by atoms with E-state index in [1.807, 2.05) is 36.4 Å². The maximum atomic E-state index is 11.4. The van der Waals surface area contributed by atoms with Crippen molar-refractivity contribution in [2.45, 2.75) is 4.90 Å². The number of hydrogen-bond donors (Lipinski definition) is 0. The molecule has 2 rings (SSSR count). The van der Waals surface area contributed by atoms with E-state index in [1.165, 1.54) is 6.26 Å². The monoisotopic (exact) mass is 288 g/mol. The van der Waals surface area contributed by atoms with Crippen LogP contribution in [0, 0.1) is 0 Å². The molecule has 104 valence electrons. The van der Waals surface area contributed by atoms with Crippen molar-refractivity contribution in [3.63, 3.8) is 0 Å². The zero-order valence-electron chi connectivity index (χ0n) is 11.4. The Hall–Kier alpha value is -2.07. The molecular formula is C16H16O3S. The smallest absolute Gasteiger partial charge is 0.175 e. The van der Waals surface area contributed by atoms with Gasteiger partial charge in [0.2, 0.25) is 0 Å². The predicted molar refractivity (Wildman–Crippen MR) is 81.5 cm³/mol. The van der Waals surface area contributed by atoms with Gasteiger partial charge in [-0.05, 0) is 35.4 Å². The standard InChI is InChI=1S/C16H16O3S/c1-19-15-9-5-13(6-10-15)3-4-14-7-11-16(12-8-14)20(2,17)18/h3-12H,1-2H3/b4-3+. The van der Waals surface area contributed by atoms with Crippen molar-refractivity contribution in [2.75, 3.05) is 13.4 Å². The normalized spacial score (nSPS) is 11.7. The molecule has 0 unspecified atom stereocenters. The van der Waals surface area contributed by atoms with Gasteiger partial charge in [0.1, 0.15) is 5.75 Å². The van der Waals surface area contributed by atoms with E-state index in [2.05, 4.69) is 0 Å². The molecule has 0 atom stereocenters. The maximum Gasteiger partial charge on any atom is 0.175 e. The van der Waals surface area contributed by atoms with Crippen LogP contribution in [0.5, 0.6) is 5.75 Å². The van der Waals surface area contributed by atoms with Crippen LogP contribution in [0.1, 0.15) is 11.1 Å². The summed E-state index contributed by atoms with van der Waals surface area (Å²) in [6, 6.07) is 14.5. The molecule has 3 nitrogen and oxygen atoms in total. The summed E-state index contributed by atoms with van der Waals surface area (Å²) in [6.45, 7) is 0. The molecule has 0 saturated carbocycles. The van der Waals surface area contributed by atoms with Gasteiger partial charge < -0.3 is 4.74 Å². The lowest BCUT2D eigenvalue weighted by atomic mass is 10.1. The zero-order valence-corrected chi connectivity index (χ0v) is 12.2. The fraction of sp³-hybridized carbons (Fsp3) is 0.125. The highest BCUT2D eigenvalue weighted by Crippen LogP contribution is 2.15. The van der Waals surface area contributed by atoms with Gasteiger partial charge in [0.05, 0.1) is 12.0 Å². The van der Waals surface area contributed by atoms with Gasteiger partial charge in [-0.25, -0.2) is 8.42 Å². The Morgan fingerprint density at radius 1 is 0.850 bits per heavy atom. The first-order valence-corrected chi connectivity index (χ1v) is 8.00. The Morgan fingerprint density at radius 2 is 1.30 bits per heavy atom. The van der Waals surface area contributed by atoms with E-state index < -0.39 is 9.84 Å². The number of sulfone groups is 1. The maximum absolute atomic E-state index is 11.4. The third-order valence-electron chi connectivity index (χ3n) is 2.89.